The first-order chi connectivity index (χ1) is 2.81. The van der Waals surface area contributed by atoms with E-state index in [1.165, 1.54) is 0 Å². The van der Waals surface area contributed by atoms with Crippen molar-refractivity contribution in [3.8, 4) is 0 Å². The van der Waals surface area contributed by atoms with E-state index >= 15 is 0 Å². The third-order valence-corrected chi connectivity index (χ3v) is 0.805. The van der Waals surface area contributed by atoms with E-state index in [-0.39, 0.29) is 0 Å². The molecule has 0 amide bonds. The Bertz CT molecular complexity index is 24.7. The van der Waals surface area contributed by atoms with Crippen molar-refractivity contribution in [3.63, 3.8) is 0 Å². The highest BCUT2D eigenvalue weighted by Gasteiger charge is 1.86. The van der Waals surface area contributed by atoms with Crippen LogP contribution in [0, 0.1) is 0 Å². The minimum absolute atomic E-state index is 0.310. The van der Waals surface area contributed by atoms with Crippen LogP contribution in [0.2, 0.25) is 0 Å². The third-order valence-electron chi connectivity index (χ3n) is 0.805. The van der Waals surface area contributed by atoms with E-state index in [0.29, 0.717) is 6.17 Å². The molecule has 0 aromatic heterocycles. The lowest BCUT2D eigenvalue weighted by atomic mass is 10.6. The fourth-order valence-corrected chi connectivity index (χ4v) is 0.129. The van der Waals surface area contributed by atoms with Crippen LogP contribution in [-0.2, 0) is 0 Å². The van der Waals surface area contributed by atoms with Crippen molar-refractivity contribution in [1.82, 2.24) is 10.6 Å². The Morgan fingerprint density at radius 3 is 2.17 bits per heavy atom. The van der Waals surface area contributed by atoms with Crippen LogP contribution in [0.1, 0.15) is 6.92 Å². The molecule has 0 aromatic rings. The predicted molar refractivity (Wildman–Crippen MR) is 26.6 cm³/mol. The van der Waals surface area contributed by atoms with Gasteiger partial charge in [0.05, 0.1) is 6.17 Å². The van der Waals surface area contributed by atoms with Crippen molar-refractivity contribution < 1.29 is 0 Å². The van der Waals surface area contributed by atoms with Gasteiger partial charge < -0.3 is 5.32 Å². The average molecular weight is 87.1 g/mol. The second-order valence-corrected chi connectivity index (χ2v) is 1.22. The van der Waals surface area contributed by atoms with Gasteiger partial charge in [-0.1, -0.05) is 0 Å². The maximum Gasteiger partial charge on any atom is 0.0701 e. The molecule has 1 unspecified atom stereocenters. The normalized spacial score (nSPS) is 10.0. The van der Waals surface area contributed by atoms with E-state index in [1.807, 2.05) is 14.0 Å². The molecule has 0 aliphatic carbocycles. The van der Waals surface area contributed by atoms with E-state index in [0.717, 1.165) is 0 Å². The topological polar surface area (TPSA) is 26.1 Å². The van der Waals surface area contributed by atoms with Gasteiger partial charge in [0.2, 0.25) is 0 Å². The SMILES string of the molecule is C[N]C(C)NC. The van der Waals surface area contributed by atoms with Crippen LogP contribution in [0.3, 0.4) is 0 Å². The van der Waals surface area contributed by atoms with Crippen LogP contribution in [0.5, 0.6) is 0 Å². The van der Waals surface area contributed by atoms with Gasteiger partial charge in [-0.2, -0.15) is 0 Å². The molecule has 1 radical (unpaired) electrons. The fourth-order valence-electron chi connectivity index (χ4n) is 0.129. The van der Waals surface area contributed by atoms with E-state index in [9.17, 15) is 0 Å². The third kappa shape index (κ3) is 2.18. The Balaban J connectivity index is 2.75. The fraction of sp³-hybridized carbons (Fsp3) is 1.00. The van der Waals surface area contributed by atoms with E-state index in [2.05, 4.69) is 10.6 Å². The molecule has 0 spiro atoms. The summed E-state index contributed by atoms with van der Waals surface area (Å²) in [5.41, 5.74) is 0. The molecule has 0 aromatic carbocycles. The predicted octanol–water partition coefficient (Wildman–Crippen LogP) is -0.214. The first-order valence-electron chi connectivity index (χ1n) is 2.07. The molecule has 2 nitrogen and oxygen atoms in total. The molecule has 0 aliphatic rings. The van der Waals surface area contributed by atoms with Gasteiger partial charge in [0.15, 0.2) is 0 Å². The molecular formula is C4H11N2. The number of rotatable bonds is 2. The maximum atomic E-state index is 3.90. The Morgan fingerprint density at radius 1 is 1.67 bits per heavy atom. The monoisotopic (exact) mass is 87.1 g/mol. The lowest BCUT2D eigenvalue weighted by molar-refractivity contribution is 0.528. The molecule has 0 heterocycles. The maximum absolute atomic E-state index is 3.90. The Kier molecular flexibility index (Phi) is 3.08. The number of hydrogen-bond acceptors (Lipinski definition) is 1. The Hall–Kier alpha value is -0.0800. The molecule has 37 valence electrons. The smallest absolute Gasteiger partial charge is 0.0701 e. The van der Waals surface area contributed by atoms with Gasteiger partial charge in [0.1, 0.15) is 0 Å². The molecule has 2 heteroatoms. The zero-order chi connectivity index (χ0) is 4.99. The molecule has 0 aliphatic heterocycles. The van der Waals surface area contributed by atoms with Crippen molar-refractivity contribution >= 4 is 0 Å². The molecular weight excluding hydrogens is 76.1 g/mol. The Labute approximate surface area is 38.9 Å². The van der Waals surface area contributed by atoms with Crippen LogP contribution in [0.4, 0.5) is 0 Å². The van der Waals surface area contributed by atoms with Crippen LogP contribution in [-0.4, -0.2) is 20.3 Å². The van der Waals surface area contributed by atoms with Crippen molar-refractivity contribution in [3.05, 3.63) is 0 Å². The summed E-state index contributed by atoms with van der Waals surface area (Å²) in [5.74, 6) is 0. The van der Waals surface area contributed by atoms with Crippen LogP contribution < -0.4 is 10.6 Å². The van der Waals surface area contributed by atoms with Crippen molar-refractivity contribution in [2.45, 2.75) is 13.1 Å². The van der Waals surface area contributed by atoms with Gasteiger partial charge in [-0.05, 0) is 14.0 Å². The van der Waals surface area contributed by atoms with Crippen LogP contribution >= 0.6 is 0 Å². The second-order valence-electron chi connectivity index (χ2n) is 1.22. The van der Waals surface area contributed by atoms with Crippen molar-refractivity contribution in [2.75, 3.05) is 14.1 Å². The highest BCUT2D eigenvalue weighted by atomic mass is 15.1. The lowest BCUT2D eigenvalue weighted by Crippen LogP contribution is -2.28. The highest BCUT2D eigenvalue weighted by Crippen LogP contribution is 1.65. The van der Waals surface area contributed by atoms with E-state index in [1.54, 1.807) is 7.05 Å². The second kappa shape index (κ2) is 3.12. The summed E-state index contributed by atoms with van der Waals surface area (Å²) >= 11 is 0. The van der Waals surface area contributed by atoms with Crippen molar-refractivity contribution in [1.29, 1.82) is 0 Å². The first kappa shape index (κ1) is 5.92. The van der Waals surface area contributed by atoms with E-state index < -0.39 is 0 Å². The molecule has 1 N–H and O–H groups in total. The summed E-state index contributed by atoms with van der Waals surface area (Å²) in [7, 11) is 3.68. The highest BCUT2D eigenvalue weighted by molar-refractivity contribution is 4.44. The zero-order valence-corrected chi connectivity index (χ0v) is 4.52. The summed E-state index contributed by atoms with van der Waals surface area (Å²) in [4.78, 5) is 0. The van der Waals surface area contributed by atoms with Gasteiger partial charge in [-0.15, -0.1) is 0 Å². The van der Waals surface area contributed by atoms with Gasteiger partial charge in [0.25, 0.3) is 0 Å². The standard InChI is InChI=1S/C4H11N2/c1-4(5-2)6-3/h4-5H,1-3H3. The molecule has 0 saturated heterocycles. The molecule has 0 fully saturated rings. The summed E-state index contributed by atoms with van der Waals surface area (Å²) < 4.78 is 0. The van der Waals surface area contributed by atoms with E-state index in [4.69, 9.17) is 0 Å². The molecule has 0 bridgehead atoms. The minimum Gasteiger partial charge on any atom is -0.304 e. The first-order valence-corrected chi connectivity index (χ1v) is 2.07. The Morgan fingerprint density at radius 2 is 2.17 bits per heavy atom. The van der Waals surface area contributed by atoms with Gasteiger partial charge in [0, 0.05) is 7.05 Å². The number of nitrogens with zero attached hydrogens (tertiary/aromatic N) is 1. The largest absolute Gasteiger partial charge is 0.304 e. The summed E-state index contributed by atoms with van der Waals surface area (Å²) in [6.07, 6.45) is 0.310. The molecule has 0 saturated carbocycles. The van der Waals surface area contributed by atoms with Crippen LogP contribution in [0.25, 0.3) is 0 Å². The quantitative estimate of drug-likeness (QED) is 0.495. The van der Waals surface area contributed by atoms with Crippen LogP contribution in [0.15, 0.2) is 0 Å². The number of nitrogens with one attached hydrogen (secondary N) is 1. The summed E-state index contributed by atoms with van der Waals surface area (Å²) in [6, 6.07) is 0. The molecule has 6 heavy (non-hydrogen) atoms. The molecule has 0 rings (SSSR count). The van der Waals surface area contributed by atoms with Gasteiger partial charge in [-0.25, -0.2) is 5.32 Å². The zero-order valence-electron chi connectivity index (χ0n) is 4.52. The number of hydrogen-bond donors (Lipinski definition) is 1. The molecule has 1 atom stereocenters. The summed E-state index contributed by atoms with van der Waals surface area (Å²) in [6.45, 7) is 2.00. The van der Waals surface area contributed by atoms with Crippen molar-refractivity contribution in [2.24, 2.45) is 0 Å². The average Bonchev–Trinajstić information content (AvgIpc) is 1.65. The summed E-state index contributed by atoms with van der Waals surface area (Å²) in [5, 5.41) is 6.84. The minimum atomic E-state index is 0.310. The lowest BCUT2D eigenvalue weighted by Gasteiger charge is -2.02. The van der Waals surface area contributed by atoms with Gasteiger partial charge in [-0.3, -0.25) is 0 Å². The van der Waals surface area contributed by atoms with Gasteiger partial charge >= 0.3 is 0 Å².